The highest BCUT2D eigenvalue weighted by molar-refractivity contribution is 7.13. The van der Waals surface area contributed by atoms with Crippen LogP contribution in [0.25, 0.3) is 22.3 Å². The Morgan fingerprint density at radius 3 is 2.66 bits per heavy atom. The number of hydrogen-bond acceptors (Lipinski definition) is 5. The van der Waals surface area contributed by atoms with Crippen LogP contribution in [0.4, 0.5) is 5.69 Å². The molecule has 1 aliphatic rings. The Labute approximate surface area is 208 Å². The smallest absolute Gasteiger partial charge is 0.331 e. The van der Waals surface area contributed by atoms with Crippen molar-refractivity contribution in [1.82, 2.24) is 9.78 Å². The summed E-state index contributed by atoms with van der Waals surface area (Å²) in [5, 5.41) is 6.73. The van der Waals surface area contributed by atoms with Crippen LogP contribution in [0.1, 0.15) is 24.5 Å². The second kappa shape index (κ2) is 10.1. The zero-order valence-corrected chi connectivity index (χ0v) is 20.2. The molecule has 2 aromatic heterocycles. The van der Waals surface area contributed by atoms with Crippen molar-refractivity contribution in [2.75, 3.05) is 11.4 Å². The molecule has 0 N–H and O–H groups in total. The molecule has 0 aliphatic carbocycles. The fourth-order valence-corrected chi connectivity index (χ4v) is 4.96. The lowest BCUT2D eigenvalue weighted by molar-refractivity contribution is -0.149. The first-order valence-corrected chi connectivity index (χ1v) is 12.4. The molecule has 176 valence electrons. The summed E-state index contributed by atoms with van der Waals surface area (Å²) in [6, 6.07) is 21.6. The normalized spacial score (nSPS) is 14.0. The van der Waals surface area contributed by atoms with Gasteiger partial charge in [0.1, 0.15) is 5.69 Å². The number of aryl methyl sites for hydroxylation is 1. The van der Waals surface area contributed by atoms with Crippen LogP contribution in [0, 0.1) is 0 Å². The Bertz CT molecular complexity index is 1360. The first-order chi connectivity index (χ1) is 17.1. The van der Waals surface area contributed by atoms with Crippen molar-refractivity contribution in [1.29, 1.82) is 0 Å². The highest BCUT2D eigenvalue weighted by Crippen LogP contribution is 2.29. The average molecular weight is 484 g/mol. The molecule has 6 nitrogen and oxygen atoms in total. The Hall–Kier alpha value is -3.97. The summed E-state index contributed by atoms with van der Waals surface area (Å²) in [6.45, 7) is 2.24. The van der Waals surface area contributed by atoms with Gasteiger partial charge in [0.05, 0.1) is 10.6 Å². The minimum absolute atomic E-state index is 0.213. The number of ether oxygens (including phenoxy) is 1. The molecule has 0 spiro atoms. The Balaban J connectivity index is 1.32. The van der Waals surface area contributed by atoms with Crippen LogP contribution in [0.15, 0.2) is 84.4 Å². The largest absolute Gasteiger partial charge is 0.449 e. The molecule has 1 aliphatic heterocycles. The van der Waals surface area contributed by atoms with Crippen molar-refractivity contribution >= 4 is 35.0 Å². The number of amides is 1. The number of rotatable bonds is 6. The van der Waals surface area contributed by atoms with Gasteiger partial charge in [-0.2, -0.15) is 5.10 Å². The van der Waals surface area contributed by atoms with Gasteiger partial charge < -0.3 is 9.64 Å². The van der Waals surface area contributed by atoms with E-state index in [1.54, 1.807) is 33.9 Å². The first kappa shape index (κ1) is 22.8. The maximum atomic E-state index is 13.1. The molecule has 35 heavy (non-hydrogen) atoms. The molecule has 0 saturated carbocycles. The third-order valence-corrected chi connectivity index (χ3v) is 6.81. The third kappa shape index (κ3) is 4.95. The van der Waals surface area contributed by atoms with E-state index in [1.807, 2.05) is 78.3 Å². The maximum absolute atomic E-state index is 13.1. The van der Waals surface area contributed by atoms with Gasteiger partial charge in [0, 0.05) is 30.1 Å². The first-order valence-electron chi connectivity index (χ1n) is 11.6. The molecule has 1 atom stereocenters. The van der Waals surface area contributed by atoms with Gasteiger partial charge in [-0.15, -0.1) is 11.3 Å². The van der Waals surface area contributed by atoms with Crippen molar-refractivity contribution in [3.8, 4) is 16.3 Å². The summed E-state index contributed by atoms with van der Waals surface area (Å²) in [5.41, 5.74) is 4.53. The van der Waals surface area contributed by atoms with Crippen molar-refractivity contribution < 1.29 is 14.3 Å². The van der Waals surface area contributed by atoms with E-state index in [2.05, 4.69) is 0 Å². The van der Waals surface area contributed by atoms with E-state index in [4.69, 9.17) is 9.84 Å². The molecule has 5 rings (SSSR count). The molecule has 0 saturated heterocycles. The fraction of sp³-hybridized carbons (Fsp3) is 0.179. The van der Waals surface area contributed by atoms with Crippen LogP contribution in [0.5, 0.6) is 0 Å². The van der Waals surface area contributed by atoms with Crippen LogP contribution >= 0.6 is 11.3 Å². The van der Waals surface area contributed by atoms with Gasteiger partial charge in [-0.25, -0.2) is 9.48 Å². The number of carbonyl (C=O) groups is 2. The molecular formula is C28H25N3O3S. The number of aromatic nitrogens is 2. The number of para-hydroxylation sites is 2. The van der Waals surface area contributed by atoms with Crippen molar-refractivity contribution in [2.24, 2.45) is 0 Å². The summed E-state index contributed by atoms with van der Waals surface area (Å²) in [5.74, 6) is -0.782. The molecule has 0 bridgehead atoms. The van der Waals surface area contributed by atoms with Gasteiger partial charge in [-0.1, -0.05) is 42.5 Å². The van der Waals surface area contributed by atoms with E-state index < -0.39 is 12.1 Å². The molecule has 0 fully saturated rings. The molecule has 1 amide bonds. The fourth-order valence-electron chi connectivity index (χ4n) is 4.23. The predicted octanol–water partition coefficient (Wildman–Crippen LogP) is 5.53. The summed E-state index contributed by atoms with van der Waals surface area (Å²) < 4.78 is 7.27. The minimum Gasteiger partial charge on any atom is -0.449 e. The van der Waals surface area contributed by atoms with E-state index >= 15 is 0 Å². The summed E-state index contributed by atoms with van der Waals surface area (Å²) in [7, 11) is 0. The van der Waals surface area contributed by atoms with Crippen molar-refractivity contribution in [3.05, 3.63) is 95.5 Å². The summed E-state index contributed by atoms with van der Waals surface area (Å²) in [6.07, 6.45) is 5.88. The second-order valence-electron chi connectivity index (χ2n) is 8.33. The van der Waals surface area contributed by atoms with E-state index in [1.165, 1.54) is 6.08 Å². The zero-order valence-electron chi connectivity index (χ0n) is 19.3. The van der Waals surface area contributed by atoms with Gasteiger partial charge in [0.2, 0.25) is 0 Å². The van der Waals surface area contributed by atoms with Crippen LogP contribution < -0.4 is 4.90 Å². The highest BCUT2D eigenvalue weighted by atomic mass is 32.1. The van der Waals surface area contributed by atoms with E-state index in [-0.39, 0.29) is 5.91 Å². The lowest BCUT2D eigenvalue weighted by Gasteiger charge is -2.31. The van der Waals surface area contributed by atoms with Gasteiger partial charge in [0.15, 0.2) is 6.10 Å². The molecule has 0 radical (unpaired) electrons. The van der Waals surface area contributed by atoms with Gasteiger partial charge in [-0.3, -0.25) is 4.79 Å². The second-order valence-corrected chi connectivity index (χ2v) is 9.27. The number of fused-ring (bicyclic) bond motifs is 1. The number of carbonyl (C=O) groups excluding carboxylic acids is 2. The Morgan fingerprint density at radius 2 is 1.86 bits per heavy atom. The average Bonchev–Trinajstić information content (AvgIpc) is 3.57. The quantitative estimate of drug-likeness (QED) is 0.267. The van der Waals surface area contributed by atoms with Gasteiger partial charge in [-0.05, 0) is 61.1 Å². The molecule has 7 heteroatoms. The molecule has 3 heterocycles. The number of anilines is 1. The minimum atomic E-state index is -0.887. The van der Waals surface area contributed by atoms with Crippen LogP contribution in [0.2, 0.25) is 0 Å². The predicted molar refractivity (Wildman–Crippen MR) is 139 cm³/mol. The van der Waals surface area contributed by atoms with E-state index in [9.17, 15) is 9.59 Å². The van der Waals surface area contributed by atoms with Crippen LogP contribution in [-0.4, -0.2) is 34.3 Å². The van der Waals surface area contributed by atoms with Gasteiger partial charge in [0.25, 0.3) is 5.91 Å². The summed E-state index contributed by atoms with van der Waals surface area (Å²) >= 11 is 1.58. The SMILES string of the molecule is C[C@@H](OC(=O)/C=C/c1cn(-c2ccccc2)nc1-c1cccs1)C(=O)N1CCCc2ccccc21. The number of thiophene rings is 1. The van der Waals surface area contributed by atoms with Crippen molar-refractivity contribution in [3.63, 3.8) is 0 Å². The zero-order chi connectivity index (χ0) is 24.2. The van der Waals surface area contributed by atoms with E-state index in [0.29, 0.717) is 6.54 Å². The number of hydrogen-bond donors (Lipinski definition) is 0. The lowest BCUT2D eigenvalue weighted by atomic mass is 10.0. The third-order valence-electron chi connectivity index (χ3n) is 5.93. The number of nitrogens with zero attached hydrogens (tertiary/aromatic N) is 3. The highest BCUT2D eigenvalue weighted by Gasteiger charge is 2.28. The number of benzene rings is 2. The Morgan fingerprint density at radius 1 is 1.06 bits per heavy atom. The van der Waals surface area contributed by atoms with Gasteiger partial charge >= 0.3 is 5.97 Å². The van der Waals surface area contributed by atoms with Crippen molar-refractivity contribution in [2.45, 2.75) is 25.9 Å². The maximum Gasteiger partial charge on any atom is 0.331 e. The standard InChI is InChI=1S/C28H25N3O3S/c1-20(28(33)30-17-7-10-21-9-5-6-13-24(21)30)34-26(32)16-15-22-19-31(23-11-3-2-4-12-23)29-27(22)25-14-8-18-35-25/h2-6,8-9,11-16,18-20H,7,10,17H2,1H3/b16-15+/t20-/m1/s1. The van der Waals surface area contributed by atoms with Crippen LogP contribution in [-0.2, 0) is 20.7 Å². The van der Waals surface area contributed by atoms with E-state index in [0.717, 1.165) is 45.9 Å². The molecule has 4 aromatic rings. The lowest BCUT2D eigenvalue weighted by Crippen LogP contribution is -2.42. The molecular weight excluding hydrogens is 458 g/mol. The topological polar surface area (TPSA) is 64.4 Å². The molecule has 0 unspecified atom stereocenters. The monoisotopic (exact) mass is 483 g/mol. The van der Waals surface area contributed by atoms with Crippen LogP contribution in [0.3, 0.4) is 0 Å². The summed E-state index contributed by atoms with van der Waals surface area (Å²) in [4.78, 5) is 28.4. The Kier molecular flexibility index (Phi) is 6.59. The molecule has 2 aromatic carbocycles. The number of esters is 1.